The smallest absolute Gasteiger partial charge is 0.244 e. The molecular formula is C14H21N3O4. The molecule has 0 aromatic carbocycles. The Bertz CT molecular complexity index is 446. The molecule has 0 aromatic rings. The van der Waals surface area contributed by atoms with E-state index in [4.69, 9.17) is 0 Å². The zero-order chi connectivity index (χ0) is 15.7. The highest BCUT2D eigenvalue weighted by molar-refractivity contribution is 5.97. The Hall–Kier alpha value is -2.18. The van der Waals surface area contributed by atoms with E-state index in [1.807, 2.05) is 0 Å². The van der Waals surface area contributed by atoms with E-state index in [0.29, 0.717) is 32.2 Å². The van der Waals surface area contributed by atoms with Crippen LogP contribution in [0.15, 0.2) is 12.2 Å². The summed E-state index contributed by atoms with van der Waals surface area (Å²) in [5.41, 5.74) is 0. The van der Waals surface area contributed by atoms with Gasteiger partial charge >= 0.3 is 0 Å². The molecule has 1 atom stereocenters. The highest BCUT2D eigenvalue weighted by Crippen LogP contribution is 2.03. The van der Waals surface area contributed by atoms with Gasteiger partial charge < -0.3 is 16.0 Å². The monoisotopic (exact) mass is 295 g/mol. The topological polar surface area (TPSA) is 104 Å². The van der Waals surface area contributed by atoms with Crippen LogP contribution in [0.1, 0.15) is 32.6 Å². The van der Waals surface area contributed by atoms with E-state index in [-0.39, 0.29) is 30.0 Å². The molecule has 0 saturated carbocycles. The van der Waals surface area contributed by atoms with Crippen molar-refractivity contribution in [2.45, 2.75) is 38.6 Å². The number of ketones is 1. The number of hydrogen-bond donors (Lipinski definition) is 3. The van der Waals surface area contributed by atoms with Gasteiger partial charge in [-0.05, 0) is 25.3 Å². The molecular weight excluding hydrogens is 274 g/mol. The molecule has 7 heteroatoms. The lowest BCUT2D eigenvalue weighted by atomic mass is 10.1. The van der Waals surface area contributed by atoms with E-state index in [9.17, 15) is 19.2 Å². The molecule has 1 aliphatic rings. The predicted molar refractivity (Wildman–Crippen MR) is 76.2 cm³/mol. The molecule has 0 bridgehead atoms. The molecule has 7 nitrogen and oxygen atoms in total. The van der Waals surface area contributed by atoms with Crippen LogP contribution >= 0.6 is 0 Å². The number of allylic oxidation sites excluding steroid dienone is 1. The number of unbranched alkanes of at least 4 members (excludes halogenated alkanes) is 1. The van der Waals surface area contributed by atoms with Gasteiger partial charge in [-0.25, -0.2) is 0 Å². The Labute approximate surface area is 123 Å². The molecule has 0 aromatic heterocycles. The number of carbonyl (C=O) groups is 4. The zero-order valence-electron chi connectivity index (χ0n) is 12.1. The maximum atomic E-state index is 11.5. The summed E-state index contributed by atoms with van der Waals surface area (Å²) in [5.74, 6) is -0.747. The van der Waals surface area contributed by atoms with Crippen LogP contribution in [-0.4, -0.2) is 42.6 Å². The van der Waals surface area contributed by atoms with Crippen LogP contribution in [0.5, 0.6) is 0 Å². The van der Waals surface area contributed by atoms with E-state index in [1.54, 1.807) is 6.92 Å². The molecule has 1 heterocycles. The second-order valence-electron chi connectivity index (χ2n) is 4.78. The summed E-state index contributed by atoms with van der Waals surface area (Å²) in [6, 6.07) is -0.482. The molecule has 1 saturated heterocycles. The summed E-state index contributed by atoms with van der Waals surface area (Å²) >= 11 is 0. The lowest BCUT2D eigenvalue weighted by Gasteiger charge is -2.22. The Kier molecular flexibility index (Phi) is 7.14. The molecule has 0 spiro atoms. The highest BCUT2D eigenvalue weighted by Gasteiger charge is 2.24. The lowest BCUT2D eigenvalue weighted by molar-refractivity contribution is -0.133. The number of rotatable bonds is 8. The van der Waals surface area contributed by atoms with Gasteiger partial charge in [0.1, 0.15) is 6.04 Å². The summed E-state index contributed by atoms with van der Waals surface area (Å²) in [4.78, 5) is 44.9. The summed E-state index contributed by atoms with van der Waals surface area (Å²) in [5, 5.41) is 7.78. The minimum Gasteiger partial charge on any atom is -0.353 e. The zero-order valence-corrected chi connectivity index (χ0v) is 12.1. The van der Waals surface area contributed by atoms with Crippen molar-refractivity contribution in [3.8, 4) is 0 Å². The van der Waals surface area contributed by atoms with Crippen molar-refractivity contribution in [1.29, 1.82) is 0 Å². The van der Waals surface area contributed by atoms with Gasteiger partial charge in [0, 0.05) is 19.0 Å². The third kappa shape index (κ3) is 6.69. The first-order valence-electron chi connectivity index (χ1n) is 7.08. The number of amides is 3. The fraction of sp³-hybridized carbons (Fsp3) is 0.571. The van der Waals surface area contributed by atoms with Crippen LogP contribution in [0.25, 0.3) is 0 Å². The highest BCUT2D eigenvalue weighted by atomic mass is 16.2. The second kappa shape index (κ2) is 8.89. The number of piperazine rings is 1. The van der Waals surface area contributed by atoms with E-state index < -0.39 is 6.04 Å². The molecule has 1 aliphatic heterocycles. The normalized spacial score (nSPS) is 18.2. The summed E-state index contributed by atoms with van der Waals surface area (Å²) in [7, 11) is 0. The molecule has 3 amide bonds. The van der Waals surface area contributed by atoms with Gasteiger partial charge in [0.05, 0.1) is 6.54 Å². The molecule has 1 rings (SSSR count). The molecule has 0 aliphatic carbocycles. The van der Waals surface area contributed by atoms with Gasteiger partial charge in [0.15, 0.2) is 5.78 Å². The minimum absolute atomic E-state index is 0.0359. The van der Waals surface area contributed by atoms with Crippen molar-refractivity contribution in [3.63, 3.8) is 0 Å². The number of nitrogens with one attached hydrogen (secondary N) is 3. The van der Waals surface area contributed by atoms with Crippen LogP contribution < -0.4 is 16.0 Å². The van der Waals surface area contributed by atoms with Gasteiger partial charge in [-0.3, -0.25) is 19.2 Å². The fourth-order valence-electron chi connectivity index (χ4n) is 1.84. The van der Waals surface area contributed by atoms with Crippen molar-refractivity contribution in [2.24, 2.45) is 0 Å². The largest absolute Gasteiger partial charge is 0.353 e. The van der Waals surface area contributed by atoms with Crippen molar-refractivity contribution in [1.82, 2.24) is 16.0 Å². The Morgan fingerprint density at radius 1 is 1.29 bits per heavy atom. The van der Waals surface area contributed by atoms with E-state index in [0.717, 1.165) is 0 Å². The average molecular weight is 295 g/mol. The first-order valence-corrected chi connectivity index (χ1v) is 7.08. The number of hydrogen-bond acceptors (Lipinski definition) is 4. The SMILES string of the molecule is CCC(=O)C=CC(=O)NCCCCC1NC(=O)CNC1=O. The summed E-state index contributed by atoms with van der Waals surface area (Å²) in [6.07, 6.45) is 4.80. The molecule has 1 fully saturated rings. The Morgan fingerprint density at radius 3 is 2.76 bits per heavy atom. The maximum Gasteiger partial charge on any atom is 0.244 e. The average Bonchev–Trinajstić information content (AvgIpc) is 2.47. The third-order valence-corrected chi connectivity index (χ3v) is 3.06. The fourth-order valence-corrected chi connectivity index (χ4v) is 1.84. The van der Waals surface area contributed by atoms with Gasteiger partial charge in [0.2, 0.25) is 17.7 Å². The lowest BCUT2D eigenvalue weighted by Crippen LogP contribution is -2.56. The number of carbonyl (C=O) groups excluding carboxylic acids is 4. The van der Waals surface area contributed by atoms with Crippen LogP contribution in [-0.2, 0) is 19.2 Å². The maximum absolute atomic E-state index is 11.5. The van der Waals surface area contributed by atoms with Gasteiger partial charge in [-0.2, -0.15) is 0 Å². The van der Waals surface area contributed by atoms with Crippen LogP contribution in [0.3, 0.4) is 0 Å². The molecule has 1 unspecified atom stereocenters. The first-order chi connectivity index (χ1) is 10.0. The first kappa shape index (κ1) is 16.9. The van der Waals surface area contributed by atoms with Gasteiger partial charge in [-0.1, -0.05) is 6.92 Å². The Balaban J connectivity index is 2.12. The summed E-state index contributed by atoms with van der Waals surface area (Å²) in [6.45, 7) is 2.23. The van der Waals surface area contributed by atoms with Gasteiger partial charge in [-0.15, -0.1) is 0 Å². The van der Waals surface area contributed by atoms with E-state index in [1.165, 1.54) is 12.2 Å². The minimum atomic E-state index is -0.482. The van der Waals surface area contributed by atoms with Crippen molar-refractivity contribution >= 4 is 23.5 Å². The molecule has 0 radical (unpaired) electrons. The third-order valence-electron chi connectivity index (χ3n) is 3.06. The van der Waals surface area contributed by atoms with E-state index in [2.05, 4.69) is 16.0 Å². The molecule has 3 N–H and O–H groups in total. The van der Waals surface area contributed by atoms with Crippen LogP contribution in [0.4, 0.5) is 0 Å². The molecule has 116 valence electrons. The van der Waals surface area contributed by atoms with Crippen molar-refractivity contribution < 1.29 is 19.2 Å². The van der Waals surface area contributed by atoms with Crippen molar-refractivity contribution in [2.75, 3.05) is 13.1 Å². The van der Waals surface area contributed by atoms with Crippen LogP contribution in [0, 0.1) is 0 Å². The van der Waals surface area contributed by atoms with Gasteiger partial charge in [0.25, 0.3) is 0 Å². The standard InChI is InChI=1S/C14H21N3O4/c1-2-10(18)6-7-12(19)15-8-4-3-5-11-14(21)16-9-13(20)17-11/h6-7,11H,2-5,8-9H2,1H3,(H,15,19)(H,16,21)(H,17,20). The molecule has 21 heavy (non-hydrogen) atoms. The van der Waals surface area contributed by atoms with Crippen LogP contribution in [0.2, 0.25) is 0 Å². The van der Waals surface area contributed by atoms with Crippen molar-refractivity contribution in [3.05, 3.63) is 12.2 Å². The Morgan fingerprint density at radius 2 is 2.05 bits per heavy atom. The summed E-state index contributed by atoms with van der Waals surface area (Å²) < 4.78 is 0. The van der Waals surface area contributed by atoms with E-state index >= 15 is 0 Å². The quantitative estimate of drug-likeness (QED) is 0.412. The predicted octanol–water partition coefficient (Wildman–Crippen LogP) is -0.577. The second-order valence-corrected chi connectivity index (χ2v) is 4.78.